The fourth-order valence-corrected chi connectivity index (χ4v) is 1.18. The highest BCUT2D eigenvalue weighted by molar-refractivity contribution is 6.50. The Hall–Kier alpha value is -1.42. The van der Waals surface area contributed by atoms with Crippen molar-refractivity contribution in [2.75, 3.05) is 0 Å². The molecule has 0 atom stereocenters. The molecular weight excluding hydrogens is 214 g/mol. The molecule has 1 aromatic carbocycles. The highest BCUT2D eigenvalue weighted by Crippen LogP contribution is 2.24. The number of aliphatic carboxylic acids is 1. The first kappa shape index (κ1) is 10.7. The quantitative estimate of drug-likeness (QED) is 0.775. The Morgan fingerprint density at radius 1 is 1.36 bits per heavy atom. The molecule has 0 saturated carbocycles. The van der Waals surface area contributed by atoms with E-state index < -0.39 is 28.2 Å². The molecule has 0 bridgehead atoms. The van der Waals surface area contributed by atoms with Crippen LogP contribution in [0.4, 0.5) is 8.78 Å². The lowest BCUT2D eigenvalue weighted by molar-refractivity contribution is -0.131. The predicted octanol–water partition coefficient (Wildman–Crippen LogP) is 2.63. The Bertz CT molecular complexity index is 382. The van der Waals surface area contributed by atoms with Crippen molar-refractivity contribution in [3.8, 4) is 0 Å². The van der Waals surface area contributed by atoms with Gasteiger partial charge < -0.3 is 5.11 Å². The molecule has 0 aliphatic rings. The van der Waals surface area contributed by atoms with Gasteiger partial charge in [0.1, 0.15) is 11.6 Å². The van der Waals surface area contributed by atoms with Crippen LogP contribution in [-0.4, -0.2) is 11.1 Å². The smallest absolute Gasteiger partial charge is 0.329 e. The maximum Gasteiger partial charge on any atom is 0.329 e. The maximum absolute atomic E-state index is 13.0. The average Bonchev–Trinajstić information content (AvgIpc) is 2.01. The molecule has 0 saturated heterocycles. The van der Waals surface area contributed by atoms with E-state index in [4.69, 9.17) is 16.7 Å². The fourth-order valence-electron chi connectivity index (χ4n) is 0.907. The van der Waals surface area contributed by atoms with Crippen molar-refractivity contribution in [1.29, 1.82) is 0 Å². The van der Waals surface area contributed by atoms with Crippen LogP contribution in [0.1, 0.15) is 5.56 Å². The summed E-state index contributed by atoms with van der Waals surface area (Å²) in [6.45, 7) is 0. The Kier molecular flexibility index (Phi) is 3.19. The third kappa shape index (κ3) is 2.29. The Balaban J connectivity index is 3.25. The molecule has 0 unspecified atom stereocenters. The summed E-state index contributed by atoms with van der Waals surface area (Å²) in [6.07, 6.45) is 0.531. The van der Waals surface area contributed by atoms with Crippen molar-refractivity contribution < 1.29 is 18.7 Å². The fraction of sp³-hybridized carbons (Fsp3) is 0. The average molecular weight is 219 g/mol. The molecule has 1 rings (SSSR count). The van der Waals surface area contributed by atoms with Gasteiger partial charge in [0.05, 0.1) is 10.6 Å². The van der Waals surface area contributed by atoms with Gasteiger partial charge in [0.25, 0.3) is 0 Å². The molecule has 14 heavy (non-hydrogen) atoms. The van der Waals surface area contributed by atoms with Gasteiger partial charge in [-0.25, -0.2) is 13.6 Å². The van der Waals surface area contributed by atoms with Crippen LogP contribution >= 0.6 is 11.6 Å². The molecule has 74 valence electrons. The van der Waals surface area contributed by atoms with Gasteiger partial charge in [-0.3, -0.25) is 0 Å². The molecule has 0 amide bonds. The summed E-state index contributed by atoms with van der Waals surface area (Å²) in [5.74, 6) is -3.15. The van der Waals surface area contributed by atoms with Crippen LogP contribution in [0.5, 0.6) is 0 Å². The molecule has 1 aromatic rings. The van der Waals surface area contributed by atoms with Gasteiger partial charge in [0, 0.05) is 6.08 Å². The zero-order chi connectivity index (χ0) is 10.7. The van der Waals surface area contributed by atoms with Gasteiger partial charge in [-0.15, -0.1) is 0 Å². The SMILES string of the molecule is O=C(O)/C=C(/Cl)c1c(F)cccc1F. The van der Waals surface area contributed by atoms with Gasteiger partial charge in [-0.05, 0) is 12.1 Å². The van der Waals surface area contributed by atoms with Crippen molar-refractivity contribution >= 4 is 22.6 Å². The lowest BCUT2D eigenvalue weighted by atomic mass is 10.2. The highest BCUT2D eigenvalue weighted by Gasteiger charge is 2.12. The third-order valence-corrected chi connectivity index (χ3v) is 1.75. The van der Waals surface area contributed by atoms with E-state index in [1.807, 2.05) is 0 Å². The first-order valence-corrected chi connectivity index (χ1v) is 3.94. The molecule has 1 N–H and O–H groups in total. The molecule has 0 fully saturated rings. The van der Waals surface area contributed by atoms with Crippen molar-refractivity contribution in [3.63, 3.8) is 0 Å². The van der Waals surface area contributed by atoms with E-state index in [0.717, 1.165) is 12.1 Å². The van der Waals surface area contributed by atoms with Gasteiger partial charge in [-0.2, -0.15) is 0 Å². The Labute approximate surface area is 83.4 Å². The standard InChI is InChI=1S/C9H5ClF2O2/c10-5(4-8(13)14)9-6(11)2-1-3-7(9)12/h1-4H,(H,13,14)/b5-4+. The van der Waals surface area contributed by atoms with Crippen LogP contribution in [0.3, 0.4) is 0 Å². The van der Waals surface area contributed by atoms with E-state index in [9.17, 15) is 13.6 Å². The summed E-state index contributed by atoms with van der Waals surface area (Å²) in [6, 6.07) is 3.16. The minimum absolute atomic E-state index is 0.479. The van der Waals surface area contributed by atoms with E-state index in [2.05, 4.69) is 0 Å². The number of hydrogen-bond donors (Lipinski definition) is 1. The summed E-state index contributed by atoms with van der Waals surface area (Å²) in [7, 11) is 0. The van der Waals surface area contributed by atoms with E-state index in [-0.39, 0.29) is 0 Å². The van der Waals surface area contributed by atoms with E-state index in [0.29, 0.717) is 6.08 Å². The van der Waals surface area contributed by atoms with Crippen LogP contribution in [0.2, 0.25) is 0 Å². The summed E-state index contributed by atoms with van der Waals surface area (Å²) in [5.41, 5.74) is -0.531. The van der Waals surface area contributed by atoms with Gasteiger partial charge in [0.15, 0.2) is 0 Å². The van der Waals surface area contributed by atoms with Gasteiger partial charge in [0.2, 0.25) is 0 Å². The molecule has 2 nitrogen and oxygen atoms in total. The van der Waals surface area contributed by atoms with Crippen LogP contribution in [-0.2, 0) is 4.79 Å². The molecule has 0 aliphatic carbocycles. The first-order valence-electron chi connectivity index (χ1n) is 3.57. The monoisotopic (exact) mass is 218 g/mol. The van der Waals surface area contributed by atoms with Crippen molar-refractivity contribution in [3.05, 3.63) is 41.5 Å². The maximum atomic E-state index is 13.0. The van der Waals surface area contributed by atoms with Crippen LogP contribution < -0.4 is 0 Å². The Morgan fingerprint density at radius 3 is 2.29 bits per heavy atom. The summed E-state index contributed by atoms with van der Waals surface area (Å²) in [4.78, 5) is 10.2. The zero-order valence-electron chi connectivity index (χ0n) is 6.80. The molecular formula is C9H5ClF2O2. The second kappa shape index (κ2) is 4.19. The largest absolute Gasteiger partial charge is 0.478 e. The number of carbonyl (C=O) groups is 1. The minimum atomic E-state index is -1.36. The number of benzene rings is 1. The zero-order valence-corrected chi connectivity index (χ0v) is 7.55. The first-order chi connectivity index (χ1) is 6.52. The summed E-state index contributed by atoms with van der Waals surface area (Å²) in [5, 5.41) is 7.84. The van der Waals surface area contributed by atoms with Crippen LogP contribution in [0.25, 0.3) is 5.03 Å². The second-order valence-electron chi connectivity index (χ2n) is 2.43. The van der Waals surface area contributed by atoms with Gasteiger partial charge in [-0.1, -0.05) is 17.7 Å². The minimum Gasteiger partial charge on any atom is -0.478 e. The molecule has 0 heterocycles. The predicted molar refractivity (Wildman–Crippen MR) is 47.8 cm³/mol. The number of rotatable bonds is 2. The number of halogens is 3. The summed E-state index contributed by atoms with van der Waals surface area (Å²) < 4.78 is 26.0. The summed E-state index contributed by atoms with van der Waals surface area (Å²) >= 11 is 5.41. The molecule has 0 aromatic heterocycles. The third-order valence-electron chi connectivity index (χ3n) is 1.45. The van der Waals surface area contributed by atoms with Crippen LogP contribution in [0, 0.1) is 11.6 Å². The molecule has 0 spiro atoms. The molecule has 0 radical (unpaired) electrons. The van der Waals surface area contributed by atoms with E-state index >= 15 is 0 Å². The highest BCUT2D eigenvalue weighted by atomic mass is 35.5. The van der Waals surface area contributed by atoms with Crippen molar-refractivity contribution in [1.82, 2.24) is 0 Å². The lowest BCUT2D eigenvalue weighted by Crippen LogP contribution is -1.94. The van der Waals surface area contributed by atoms with Crippen LogP contribution in [0.15, 0.2) is 24.3 Å². The normalized spacial score (nSPS) is 11.5. The molecule has 0 aliphatic heterocycles. The number of carboxylic acids is 1. The van der Waals surface area contributed by atoms with Crippen molar-refractivity contribution in [2.24, 2.45) is 0 Å². The van der Waals surface area contributed by atoms with Crippen molar-refractivity contribution in [2.45, 2.75) is 0 Å². The molecule has 5 heteroatoms. The van der Waals surface area contributed by atoms with E-state index in [1.54, 1.807) is 0 Å². The number of carboxylic acid groups (broad SMARTS) is 1. The Morgan fingerprint density at radius 2 is 1.86 bits per heavy atom. The van der Waals surface area contributed by atoms with Gasteiger partial charge >= 0.3 is 5.97 Å². The topological polar surface area (TPSA) is 37.3 Å². The van der Waals surface area contributed by atoms with E-state index in [1.165, 1.54) is 6.07 Å². The number of hydrogen-bond acceptors (Lipinski definition) is 1. The second-order valence-corrected chi connectivity index (χ2v) is 2.83. The lowest BCUT2D eigenvalue weighted by Gasteiger charge is -2.01.